The van der Waals surface area contributed by atoms with Gasteiger partial charge in [0.15, 0.2) is 0 Å². The Bertz CT molecular complexity index is 575. The smallest absolute Gasteiger partial charge is 0.328 e. The number of rotatable bonds is 7. The van der Waals surface area contributed by atoms with Crippen LogP contribution in [0.25, 0.3) is 0 Å². The third kappa shape index (κ3) is 5.59. The van der Waals surface area contributed by atoms with Crippen molar-refractivity contribution in [1.29, 1.82) is 0 Å². The average Bonchev–Trinajstić information content (AvgIpc) is 2.45. The number of esters is 1. The number of Topliss-reactive ketones (excluding diaryl/α,β-unsaturated/α-hetero) is 1. The molecule has 22 heavy (non-hydrogen) atoms. The molecule has 0 radical (unpaired) electrons. The standard InChI is InChI=1S/C15H17F2NO4/c1-9(19)3-6-13(15(21)22-2)18-14(20)7-10-4-5-11(16)8-12(10)17/h4-5,8,13H,3,6-7H2,1-2H3,(H,18,20)/t13-/m1/s1. The minimum absolute atomic E-state index is 0.00841. The molecule has 1 amide bonds. The number of benzene rings is 1. The summed E-state index contributed by atoms with van der Waals surface area (Å²) < 4.78 is 30.8. The van der Waals surface area contributed by atoms with Gasteiger partial charge in [-0.1, -0.05) is 6.07 Å². The van der Waals surface area contributed by atoms with Crippen LogP contribution >= 0.6 is 0 Å². The zero-order chi connectivity index (χ0) is 16.7. The normalized spacial score (nSPS) is 11.6. The van der Waals surface area contributed by atoms with Crippen molar-refractivity contribution in [3.05, 3.63) is 35.4 Å². The van der Waals surface area contributed by atoms with E-state index in [1.165, 1.54) is 6.92 Å². The predicted molar refractivity (Wildman–Crippen MR) is 73.9 cm³/mol. The van der Waals surface area contributed by atoms with Gasteiger partial charge < -0.3 is 14.8 Å². The molecule has 0 unspecified atom stereocenters. The lowest BCUT2D eigenvalue weighted by Gasteiger charge is -2.16. The largest absolute Gasteiger partial charge is 0.467 e. The monoisotopic (exact) mass is 313 g/mol. The van der Waals surface area contributed by atoms with Gasteiger partial charge >= 0.3 is 5.97 Å². The average molecular weight is 313 g/mol. The quantitative estimate of drug-likeness (QED) is 0.775. The lowest BCUT2D eigenvalue weighted by atomic mass is 10.1. The molecule has 1 atom stereocenters. The van der Waals surface area contributed by atoms with Gasteiger partial charge in [0.2, 0.25) is 5.91 Å². The summed E-state index contributed by atoms with van der Waals surface area (Å²) in [4.78, 5) is 34.4. The SMILES string of the molecule is COC(=O)[C@@H](CCC(C)=O)NC(=O)Cc1ccc(F)cc1F. The number of ether oxygens (including phenoxy) is 1. The molecule has 0 aliphatic heterocycles. The molecule has 0 saturated heterocycles. The van der Waals surface area contributed by atoms with Crippen molar-refractivity contribution in [2.45, 2.75) is 32.2 Å². The van der Waals surface area contributed by atoms with Gasteiger partial charge in [0, 0.05) is 12.5 Å². The Balaban J connectivity index is 2.69. The zero-order valence-electron chi connectivity index (χ0n) is 12.3. The summed E-state index contributed by atoms with van der Waals surface area (Å²) in [5, 5.41) is 2.39. The molecule has 1 aromatic rings. The molecule has 0 aromatic heterocycles. The van der Waals surface area contributed by atoms with Gasteiger partial charge in [-0.2, -0.15) is 0 Å². The summed E-state index contributed by atoms with van der Waals surface area (Å²) in [7, 11) is 1.16. The number of nitrogens with one attached hydrogen (secondary N) is 1. The van der Waals surface area contributed by atoms with E-state index in [0.29, 0.717) is 6.07 Å². The highest BCUT2D eigenvalue weighted by Gasteiger charge is 2.22. The van der Waals surface area contributed by atoms with Crippen molar-refractivity contribution < 1.29 is 27.9 Å². The van der Waals surface area contributed by atoms with Crippen molar-refractivity contribution >= 4 is 17.7 Å². The number of carbonyl (C=O) groups is 3. The molecule has 0 fully saturated rings. The minimum Gasteiger partial charge on any atom is -0.467 e. The van der Waals surface area contributed by atoms with E-state index >= 15 is 0 Å². The fourth-order valence-electron chi connectivity index (χ4n) is 1.82. The molecular formula is C15H17F2NO4. The van der Waals surface area contributed by atoms with E-state index < -0.39 is 29.6 Å². The fraction of sp³-hybridized carbons (Fsp3) is 0.400. The van der Waals surface area contributed by atoms with Crippen LogP contribution in [0, 0.1) is 11.6 Å². The second-order valence-corrected chi connectivity index (χ2v) is 4.80. The highest BCUT2D eigenvalue weighted by molar-refractivity contribution is 5.86. The number of carbonyl (C=O) groups excluding carboxylic acids is 3. The topological polar surface area (TPSA) is 72.5 Å². The Hall–Kier alpha value is -2.31. The van der Waals surface area contributed by atoms with Gasteiger partial charge in [-0.15, -0.1) is 0 Å². The first-order valence-corrected chi connectivity index (χ1v) is 6.64. The van der Waals surface area contributed by atoms with E-state index in [9.17, 15) is 23.2 Å². The van der Waals surface area contributed by atoms with E-state index in [1.807, 2.05) is 0 Å². The Morgan fingerprint density at radius 3 is 2.50 bits per heavy atom. The summed E-state index contributed by atoms with van der Waals surface area (Å²) >= 11 is 0. The summed E-state index contributed by atoms with van der Waals surface area (Å²) in [6, 6.07) is 1.90. The summed E-state index contributed by atoms with van der Waals surface area (Å²) in [6.07, 6.45) is -0.149. The molecule has 0 bridgehead atoms. The van der Waals surface area contributed by atoms with Crippen molar-refractivity contribution in [1.82, 2.24) is 5.32 Å². The number of hydrogen-bond donors (Lipinski definition) is 1. The Morgan fingerprint density at radius 2 is 1.95 bits per heavy atom. The number of ketones is 1. The second kappa shape index (κ2) is 8.21. The first-order chi connectivity index (χ1) is 10.3. The molecule has 0 heterocycles. The van der Waals surface area contributed by atoms with Gasteiger partial charge in [-0.25, -0.2) is 13.6 Å². The minimum atomic E-state index is -0.982. The Kier molecular flexibility index (Phi) is 6.62. The van der Waals surface area contributed by atoms with E-state index in [2.05, 4.69) is 10.1 Å². The van der Waals surface area contributed by atoms with Gasteiger partial charge in [-0.05, 0) is 25.0 Å². The maximum absolute atomic E-state index is 13.5. The van der Waals surface area contributed by atoms with Gasteiger partial charge in [0.25, 0.3) is 0 Å². The first-order valence-electron chi connectivity index (χ1n) is 6.64. The van der Waals surface area contributed by atoms with Crippen molar-refractivity contribution in [2.75, 3.05) is 7.11 Å². The molecule has 120 valence electrons. The lowest BCUT2D eigenvalue weighted by molar-refractivity contribution is -0.145. The van der Waals surface area contributed by atoms with Gasteiger partial charge in [-0.3, -0.25) is 4.79 Å². The summed E-state index contributed by atoms with van der Waals surface area (Å²) in [5.74, 6) is -3.02. The fourth-order valence-corrected chi connectivity index (χ4v) is 1.82. The zero-order valence-corrected chi connectivity index (χ0v) is 12.3. The molecule has 0 saturated carbocycles. The van der Waals surface area contributed by atoms with Crippen LogP contribution in [0.2, 0.25) is 0 Å². The lowest BCUT2D eigenvalue weighted by Crippen LogP contribution is -2.42. The Labute approximate surface area is 126 Å². The molecule has 7 heteroatoms. The summed E-state index contributed by atoms with van der Waals surface area (Å²) in [6.45, 7) is 1.37. The highest BCUT2D eigenvalue weighted by Crippen LogP contribution is 2.10. The van der Waals surface area contributed by atoms with Crippen LogP contribution in [0.3, 0.4) is 0 Å². The van der Waals surface area contributed by atoms with Crippen LogP contribution in [0.15, 0.2) is 18.2 Å². The number of halogens is 2. The number of hydrogen-bond acceptors (Lipinski definition) is 4. The maximum atomic E-state index is 13.5. The second-order valence-electron chi connectivity index (χ2n) is 4.80. The maximum Gasteiger partial charge on any atom is 0.328 e. The first kappa shape index (κ1) is 17.7. The summed E-state index contributed by atoms with van der Waals surface area (Å²) in [5.41, 5.74) is 0.00841. The third-order valence-electron chi connectivity index (χ3n) is 2.97. The predicted octanol–water partition coefficient (Wildman–Crippen LogP) is 1.53. The van der Waals surface area contributed by atoms with E-state index in [0.717, 1.165) is 19.2 Å². The van der Waals surface area contributed by atoms with Crippen LogP contribution in [0.4, 0.5) is 8.78 Å². The number of amides is 1. The molecule has 1 N–H and O–H groups in total. The highest BCUT2D eigenvalue weighted by atomic mass is 19.1. The molecule has 5 nitrogen and oxygen atoms in total. The van der Waals surface area contributed by atoms with Crippen molar-refractivity contribution in [3.63, 3.8) is 0 Å². The molecule has 0 spiro atoms. The molecule has 1 aromatic carbocycles. The van der Waals surface area contributed by atoms with E-state index in [-0.39, 0.29) is 30.6 Å². The van der Waals surface area contributed by atoms with Crippen molar-refractivity contribution in [3.8, 4) is 0 Å². The van der Waals surface area contributed by atoms with Gasteiger partial charge in [0.05, 0.1) is 13.5 Å². The molecule has 1 rings (SSSR count). The van der Waals surface area contributed by atoms with Crippen LogP contribution in [0.1, 0.15) is 25.3 Å². The number of methoxy groups -OCH3 is 1. The Morgan fingerprint density at radius 1 is 1.27 bits per heavy atom. The van der Waals surface area contributed by atoms with E-state index in [1.54, 1.807) is 0 Å². The van der Waals surface area contributed by atoms with Crippen LogP contribution in [-0.2, 0) is 25.5 Å². The van der Waals surface area contributed by atoms with Gasteiger partial charge in [0.1, 0.15) is 23.5 Å². The van der Waals surface area contributed by atoms with Crippen LogP contribution in [-0.4, -0.2) is 30.8 Å². The molecule has 0 aliphatic rings. The third-order valence-corrected chi connectivity index (χ3v) is 2.97. The van der Waals surface area contributed by atoms with E-state index in [4.69, 9.17) is 0 Å². The van der Waals surface area contributed by atoms with Crippen LogP contribution in [0.5, 0.6) is 0 Å². The molecular weight excluding hydrogens is 296 g/mol. The molecule has 0 aliphatic carbocycles. The van der Waals surface area contributed by atoms with Crippen LogP contribution < -0.4 is 5.32 Å². The van der Waals surface area contributed by atoms with Crippen molar-refractivity contribution in [2.24, 2.45) is 0 Å².